The maximum atomic E-state index is 10.7. The van der Waals surface area contributed by atoms with Crippen molar-refractivity contribution in [1.29, 1.82) is 0 Å². The van der Waals surface area contributed by atoms with Crippen LogP contribution >= 0.6 is 0 Å². The summed E-state index contributed by atoms with van der Waals surface area (Å²) in [5, 5.41) is 11.9. The summed E-state index contributed by atoms with van der Waals surface area (Å²) >= 11 is 0. The van der Waals surface area contributed by atoms with Crippen molar-refractivity contribution in [3.8, 4) is 5.75 Å². The summed E-state index contributed by atoms with van der Waals surface area (Å²) in [6, 6.07) is 24.9. The Morgan fingerprint density at radius 2 is 1.74 bits per heavy atom. The third-order valence-electron chi connectivity index (χ3n) is 5.61. The number of ether oxygens (including phenoxy) is 1. The normalized spacial score (nSPS) is 12.4. The van der Waals surface area contributed by atoms with Gasteiger partial charge in [-0.3, -0.25) is 4.90 Å². The molecule has 4 aromatic rings. The second kappa shape index (κ2) is 9.82. The van der Waals surface area contributed by atoms with E-state index in [0.717, 1.165) is 24.4 Å². The van der Waals surface area contributed by atoms with Gasteiger partial charge in [-0.25, -0.2) is 0 Å². The lowest BCUT2D eigenvalue weighted by Crippen LogP contribution is -2.35. The summed E-state index contributed by atoms with van der Waals surface area (Å²) in [5.41, 5.74) is 6.10. The number of H-pyrrole nitrogens is 1. The first kappa shape index (κ1) is 21.2. The largest absolute Gasteiger partial charge is 0.491 e. The van der Waals surface area contributed by atoms with Crippen LogP contribution in [0.1, 0.15) is 22.3 Å². The number of aryl methyl sites for hydroxylation is 2. The van der Waals surface area contributed by atoms with Gasteiger partial charge in [-0.05, 0) is 66.3 Å². The molecule has 0 aliphatic heterocycles. The topological polar surface area (TPSA) is 48.5 Å². The molecule has 0 aliphatic rings. The zero-order chi connectivity index (χ0) is 21.6. The van der Waals surface area contributed by atoms with E-state index in [2.05, 4.69) is 65.3 Å². The molecule has 0 radical (unpaired) electrons. The van der Waals surface area contributed by atoms with Crippen molar-refractivity contribution >= 4 is 10.9 Å². The highest BCUT2D eigenvalue weighted by Crippen LogP contribution is 2.19. The van der Waals surface area contributed by atoms with Crippen molar-refractivity contribution in [1.82, 2.24) is 9.88 Å². The fourth-order valence-electron chi connectivity index (χ4n) is 3.85. The number of hydrogen-bond donors (Lipinski definition) is 2. The van der Waals surface area contributed by atoms with Crippen LogP contribution in [0.15, 0.2) is 79.0 Å². The molecule has 4 rings (SSSR count). The SMILES string of the molecule is Cc1ccc(OCC(O)CN(Cc2ccc3[nH]ccc3c2)Cc2ccccc2C)cc1. The summed E-state index contributed by atoms with van der Waals surface area (Å²) in [5.74, 6) is 0.785. The number of aromatic nitrogens is 1. The molecule has 1 aromatic heterocycles. The number of nitrogens with one attached hydrogen (secondary N) is 1. The number of benzene rings is 3. The Hall–Kier alpha value is -3.08. The predicted molar refractivity (Wildman–Crippen MR) is 126 cm³/mol. The molecule has 1 unspecified atom stereocenters. The van der Waals surface area contributed by atoms with Crippen LogP contribution in [0.4, 0.5) is 0 Å². The van der Waals surface area contributed by atoms with Gasteiger partial charge >= 0.3 is 0 Å². The smallest absolute Gasteiger partial charge is 0.119 e. The number of fused-ring (bicyclic) bond motifs is 1. The fraction of sp³-hybridized carbons (Fsp3) is 0.259. The molecule has 2 N–H and O–H groups in total. The molecule has 0 spiro atoms. The van der Waals surface area contributed by atoms with Gasteiger partial charge < -0.3 is 14.8 Å². The van der Waals surface area contributed by atoms with Crippen LogP contribution in [-0.4, -0.2) is 34.2 Å². The monoisotopic (exact) mass is 414 g/mol. The summed E-state index contributed by atoms with van der Waals surface area (Å²) in [4.78, 5) is 5.54. The maximum Gasteiger partial charge on any atom is 0.119 e. The Morgan fingerprint density at radius 3 is 2.55 bits per heavy atom. The van der Waals surface area contributed by atoms with Crippen molar-refractivity contribution in [2.75, 3.05) is 13.2 Å². The molecule has 4 nitrogen and oxygen atoms in total. The third-order valence-corrected chi connectivity index (χ3v) is 5.61. The highest BCUT2D eigenvalue weighted by molar-refractivity contribution is 5.79. The Labute approximate surface area is 184 Å². The first-order valence-corrected chi connectivity index (χ1v) is 10.8. The minimum atomic E-state index is -0.582. The standard InChI is InChI=1S/C27H30N2O2/c1-20-7-10-26(11-8-20)31-19-25(30)18-29(17-24-6-4-3-5-21(24)2)16-22-9-12-27-23(15-22)13-14-28-27/h3-15,25,28,30H,16-19H2,1-2H3. The van der Waals surface area contributed by atoms with Gasteiger partial charge in [0.25, 0.3) is 0 Å². The van der Waals surface area contributed by atoms with Crippen LogP contribution < -0.4 is 4.74 Å². The minimum Gasteiger partial charge on any atom is -0.491 e. The van der Waals surface area contributed by atoms with Gasteiger partial charge in [-0.1, -0.05) is 48.0 Å². The van der Waals surface area contributed by atoms with E-state index in [1.165, 1.54) is 27.6 Å². The molecule has 0 amide bonds. The van der Waals surface area contributed by atoms with Gasteiger partial charge in [-0.2, -0.15) is 0 Å². The lowest BCUT2D eigenvalue weighted by Gasteiger charge is -2.26. The molecule has 3 aromatic carbocycles. The molecule has 1 atom stereocenters. The van der Waals surface area contributed by atoms with Gasteiger partial charge in [-0.15, -0.1) is 0 Å². The highest BCUT2D eigenvalue weighted by atomic mass is 16.5. The Kier molecular flexibility index (Phi) is 6.70. The van der Waals surface area contributed by atoms with E-state index in [4.69, 9.17) is 4.74 Å². The Bertz CT molecular complexity index is 1120. The first-order valence-electron chi connectivity index (χ1n) is 10.8. The molecule has 31 heavy (non-hydrogen) atoms. The molecule has 0 fully saturated rings. The maximum absolute atomic E-state index is 10.7. The molecule has 4 heteroatoms. The van der Waals surface area contributed by atoms with Crippen LogP contribution in [0, 0.1) is 13.8 Å². The van der Waals surface area contributed by atoms with Gasteiger partial charge in [0.2, 0.25) is 0 Å². The van der Waals surface area contributed by atoms with Gasteiger partial charge in [0.1, 0.15) is 18.5 Å². The quantitative estimate of drug-likeness (QED) is 0.394. The van der Waals surface area contributed by atoms with Crippen LogP contribution in [0.3, 0.4) is 0 Å². The average molecular weight is 415 g/mol. The van der Waals surface area contributed by atoms with Crippen molar-refractivity contribution < 1.29 is 9.84 Å². The van der Waals surface area contributed by atoms with Gasteiger partial charge in [0.05, 0.1) is 0 Å². The number of rotatable bonds is 9. The number of hydrogen-bond acceptors (Lipinski definition) is 3. The lowest BCUT2D eigenvalue weighted by atomic mass is 10.1. The van der Waals surface area contributed by atoms with E-state index in [9.17, 15) is 5.11 Å². The van der Waals surface area contributed by atoms with E-state index in [1.807, 2.05) is 37.4 Å². The lowest BCUT2D eigenvalue weighted by molar-refractivity contribution is 0.0628. The van der Waals surface area contributed by atoms with Crippen molar-refractivity contribution in [2.45, 2.75) is 33.0 Å². The van der Waals surface area contributed by atoms with E-state index in [0.29, 0.717) is 6.54 Å². The van der Waals surface area contributed by atoms with Gasteiger partial charge in [0, 0.05) is 31.3 Å². The zero-order valence-corrected chi connectivity index (χ0v) is 18.2. The zero-order valence-electron chi connectivity index (χ0n) is 18.2. The molecule has 0 saturated carbocycles. The summed E-state index contributed by atoms with van der Waals surface area (Å²) < 4.78 is 5.81. The second-order valence-corrected chi connectivity index (χ2v) is 8.27. The second-order valence-electron chi connectivity index (χ2n) is 8.27. The van der Waals surface area contributed by atoms with Crippen molar-refractivity contribution in [2.24, 2.45) is 0 Å². The molecular weight excluding hydrogens is 384 g/mol. The Balaban J connectivity index is 1.45. The van der Waals surface area contributed by atoms with Crippen LogP contribution in [0.25, 0.3) is 10.9 Å². The van der Waals surface area contributed by atoms with Crippen molar-refractivity contribution in [3.05, 3.63) is 101 Å². The first-order chi connectivity index (χ1) is 15.1. The number of nitrogens with zero attached hydrogens (tertiary/aromatic N) is 1. The number of aliphatic hydroxyl groups is 1. The van der Waals surface area contributed by atoms with Crippen LogP contribution in [-0.2, 0) is 13.1 Å². The molecular formula is C27H30N2O2. The Morgan fingerprint density at radius 1 is 0.935 bits per heavy atom. The molecule has 160 valence electrons. The minimum absolute atomic E-state index is 0.268. The molecule has 0 bridgehead atoms. The van der Waals surface area contributed by atoms with E-state index < -0.39 is 6.10 Å². The third kappa shape index (κ3) is 5.75. The van der Waals surface area contributed by atoms with Crippen molar-refractivity contribution in [3.63, 3.8) is 0 Å². The molecule has 1 heterocycles. The molecule has 0 aliphatic carbocycles. The molecule has 0 saturated heterocycles. The highest BCUT2D eigenvalue weighted by Gasteiger charge is 2.15. The summed E-state index contributed by atoms with van der Waals surface area (Å²) in [7, 11) is 0. The summed E-state index contributed by atoms with van der Waals surface area (Å²) in [6.07, 6.45) is 1.38. The van der Waals surface area contributed by atoms with Gasteiger partial charge in [0.15, 0.2) is 0 Å². The number of aromatic amines is 1. The van der Waals surface area contributed by atoms with Crippen LogP contribution in [0.5, 0.6) is 5.75 Å². The predicted octanol–water partition coefficient (Wildman–Crippen LogP) is 5.23. The number of aliphatic hydroxyl groups excluding tert-OH is 1. The average Bonchev–Trinajstić information content (AvgIpc) is 3.23. The van der Waals surface area contributed by atoms with E-state index >= 15 is 0 Å². The summed E-state index contributed by atoms with van der Waals surface area (Å²) in [6.45, 7) is 6.52. The van der Waals surface area contributed by atoms with E-state index in [-0.39, 0.29) is 6.61 Å². The van der Waals surface area contributed by atoms with E-state index in [1.54, 1.807) is 0 Å². The fourth-order valence-corrected chi connectivity index (χ4v) is 3.85. The van der Waals surface area contributed by atoms with Crippen LogP contribution in [0.2, 0.25) is 0 Å².